The number of hydrogen-bond acceptors (Lipinski definition) is 5. The number of amides is 1. The van der Waals surface area contributed by atoms with E-state index in [1.165, 1.54) is 31.3 Å². The fraction of sp³-hybridized carbons (Fsp3) is 0.316. The number of nitrogens with zero attached hydrogens (tertiary/aromatic N) is 1. The van der Waals surface area contributed by atoms with E-state index < -0.39 is 15.9 Å². The molecule has 0 aromatic heterocycles. The molecular formula is C19H23ClN2O5S. The fourth-order valence-corrected chi connectivity index (χ4v) is 3.64. The van der Waals surface area contributed by atoms with Crippen LogP contribution in [0.1, 0.15) is 6.92 Å². The van der Waals surface area contributed by atoms with E-state index >= 15 is 0 Å². The van der Waals surface area contributed by atoms with Crippen molar-refractivity contribution in [3.8, 4) is 11.5 Å². The lowest BCUT2D eigenvalue weighted by Gasteiger charge is -2.20. The number of carbonyl (C=O) groups is 1. The second-order valence-electron chi connectivity index (χ2n) is 6.15. The average Bonchev–Trinajstić information content (AvgIpc) is 2.66. The highest BCUT2D eigenvalue weighted by molar-refractivity contribution is 7.89. The van der Waals surface area contributed by atoms with Gasteiger partial charge in [-0.15, -0.1) is 0 Å². The Balaban J connectivity index is 1.89. The Bertz CT molecular complexity index is 903. The molecule has 2 aromatic rings. The topological polar surface area (TPSA) is 84.9 Å². The second kappa shape index (κ2) is 9.77. The Morgan fingerprint density at radius 2 is 1.75 bits per heavy atom. The molecule has 0 aliphatic carbocycles. The van der Waals surface area contributed by atoms with Crippen LogP contribution in [0, 0.1) is 0 Å². The van der Waals surface area contributed by atoms with E-state index in [9.17, 15) is 13.2 Å². The van der Waals surface area contributed by atoms with Gasteiger partial charge in [-0.2, -0.15) is 4.31 Å². The summed E-state index contributed by atoms with van der Waals surface area (Å²) in [5.41, 5.74) is 0. The molecule has 0 spiro atoms. The van der Waals surface area contributed by atoms with Crippen LogP contribution >= 0.6 is 11.6 Å². The molecule has 2 rings (SSSR count). The Morgan fingerprint density at radius 3 is 2.36 bits per heavy atom. The zero-order valence-corrected chi connectivity index (χ0v) is 17.5. The first-order chi connectivity index (χ1) is 13.2. The maximum absolute atomic E-state index is 12.5. The smallest absolute Gasteiger partial charge is 0.243 e. The van der Waals surface area contributed by atoms with E-state index in [-0.39, 0.29) is 24.1 Å². The number of ether oxygens (including phenoxy) is 2. The summed E-state index contributed by atoms with van der Waals surface area (Å²) in [5.74, 6) is 0.722. The van der Waals surface area contributed by atoms with Crippen molar-refractivity contribution in [3.05, 3.63) is 53.6 Å². The number of likely N-dealkylation sites (N-methyl/N-ethyl adjacent to an activating group) is 1. The van der Waals surface area contributed by atoms with Crippen molar-refractivity contribution in [1.82, 2.24) is 9.62 Å². The quantitative estimate of drug-likeness (QED) is 0.666. The molecular weight excluding hydrogens is 404 g/mol. The van der Waals surface area contributed by atoms with E-state index in [0.29, 0.717) is 16.5 Å². The molecule has 9 heteroatoms. The minimum atomic E-state index is -3.78. The minimum Gasteiger partial charge on any atom is -0.493 e. The molecule has 7 nitrogen and oxygen atoms in total. The van der Waals surface area contributed by atoms with Crippen molar-refractivity contribution in [2.75, 3.05) is 27.3 Å². The van der Waals surface area contributed by atoms with Crippen molar-refractivity contribution in [2.45, 2.75) is 17.9 Å². The third-order valence-corrected chi connectivity index (χ3v) is 5.92. The van der Waals surface area contributed by atoms with Crippen molar-refractivity contribution in [2.24, 2.45) is 0 Å². The highest BCUT2D eigenvalue weighted by Crippen LogP contribution is 2.25. The van der Waals surface area contributed by atoms with Crippen molar-refractivity contribution in [3.63, 3.8) is 0 Å². The standard InChI is InChI=1S/C19H23ClN2O5S/c1-14(13-27-18-7-5-4-6-17(18)26-3)21-19(23)12-22(2)28(24,25)16-10-8-15(20)9-11-16/h4-11,14H,12-13H2,1-3H3,(H,21,23)/t14-/m0/s1. The van der Waals surface area contributed by atoms with Crippen LogP contribution in [0.25, 0.3) is 0 Å². The molecule has 0 aliphatic rings. The van der Waals surface area contributed by atoms with E-state index in [1.54, 1.807) is 26.2 Å². The third kappa shape index (κ3) is 5.85. The summed E-state index contributed by atoms with van der Waals surface area (Å²) in [6, 6.07) is 12.6. The van der Waals surface area contributed by atoms with Gasteiger partial charge in [0.2, 0.25) is 15.9 Å². The van der Waals surface area contributed by atoms with Gasteiger partial charge in [0.25, 0.3) is 0 Å². The van der Waals surface area contributed by atoms with E-state index in [4.69, 9.17) is 21.1 Å². The van der Waals surface area contributed by atoms with Crippen LogP contribution in [0.3, 0.4) is 0 Å². The lowest BCUT2D eigenvalue weighted by Crippen LogP contribution is -2.43. The van der Waals surface area contributed by atoms with Gasteiger partial charge in [0.05, 0.1) is 24.6 Å². The number of benzene rings is 2. The normalized spacial score (nSPS) is 12.5. The summed E-state index contributed by atoms with van der Waals surface area (Å²) in [6.45, 7) is 1.66. The van der Waals surface area contributed by atoms with Crippen LogP contribution in [0.15, 0.2) is 53.4 Å². The van der Waals surface area contributed by atoms with Gasteiger partial charge in [-0.1, -0.05) is 23.7 Å². The largest absolute Gasteiger partial charge is 0.493 e. The number of hydrogen-bond donors (Lipinski definition) is 1. The predicted octanol–water partition coefficient (Wildman–Crippen LogP) is 2.55. The van der Waals surface area contributed by atoms with Gasteiger partial charge in [-0.25, -0.2) is 8.42 Å². The highest BCUT2D eigenvalue weighted by atomic mass is 35.5. The van der Waals surface area contributed by atoms with Crippen LogP contribution in [0.4, 0.5) is 0 Å². The molecule has 0 saturated heterocycles. The lowest BCUT2D eigenvalue weighted by atomic mass is 10.3. The molecule has 1 N–H and O–H groups in total. The Hall–Kier alpha value is -2.29. The van der Waals surface area contributed by atoms with Gasteiger partial charge in [-0.05, 0) is 43.3 Å². The molecule has 2 aromatic carbocycles. The van der Waals surface area contributed by atoms with Gasteiger partial charge in [-0.3, -0.25) is 4.79 Å². The molecule has 28 heavy (non-hydrogen) atoms. The summed E-state index contributed by atoms with van der Waals surface area (Å²) in [7, 11) is -0.892. The average molecular weight is 427 g/mol. The van der Waals surface area contributed by atoms with Crippen LogP contribution in [0.5, 0.6) is 11.5 Å². The fourth-order valence-electron chi connectivity index (χ4n) is 2.39. The number of para-hydroxylation sites is 2. The molecule has 152 valence electrons. The highest BCUT2D eigenvalue weighted by Gasteiger charge is 2.23. The molecule has 1 atom stereocenters. The maximum Gasteiger partial charge on any atom is 0.243 e. The summed E-state index contributed by atoms with van der Waals surface area (Å²) >= 11 is 5.78. The Kier molecular flexibility index (Phi) is 7.68. The first-order valence-corrected chi connectivity index (χ1v) is 10.3. The first-order valence-electron chi connectivity index (χ1n) is 8.51. The van der Waals surface area contributed by atoms with Crippen molar-refractivity contribution in [1.29, 1.82) is 0 Å². The van der Waals surface area contributed by atoms with Crippen LogP contribution < -0.4 is 14.8 Å². The van der Waals surface area contributed by atoms with Crippen LogP contribution in [-0.4, -0.2) is 52.0 Å². The maximum atomic E-state index is 12.5. The van der Waals surface area contributed by atoms with Gasteiger partial charge in [0.15, 0.2) is 11.5 Å². The molecule has 0 radical (unpaired) electrons. The third-order valence-electron chi connectivity index (χ3n) is 3.85. The molecule has 0 aliphatic heterocycles. The van der Waals surface area contributed by atoms with E-state index in [1.807, 2.05) is 12.1 Å². The Labute approximate surface area is 170 Å². The second-order valence-corrected chi connectivity index (χ2v) is 8.63. The SMILES string of the molecule is COc1ccccc1OC[C@H](C)NC(=O)CN(C)S(=O)(=O)c1ccc(Cl)cc1. The number of carbonyl (C=O) groups excluding carboxylic acids is 1. The van der Waals surface area contributed by atoms with Gasteiger partial charge in [0.1, 0.15) is 6.61 Å². The number of rotatable bonds is 9. The summed E-state index contributed by atoms with van der Waals surface area (Å²) < 4.78 is 36.9. The zero-order chi connectivity index (χ0) is 20.7. The van der Waals surface area contributed by atoms with Crippen LogP contribution in [-0.2, 0) is 14.8 Å². The molecule has 0 fully saturated rings. The van der Waals surface area contributed by atoms with Crippen molar-refractivity contribution >= 4 is 27.5 Å². The summed E-state index contributed by atoms with van der Waals surface area (Å²) in [5, 5.41) is 3.15. The number of nitrogens with one attached hydrogen (secondary N) is 1. The van der Waals surface area contributed by atoms with E-state index in [0.717, 1.165) is 4.31 Å². The lowest BCUT2D eigenvalue weighted by molar-refractivity contribution is -0.121. The van der Waals surface area contributed by atoms with E-state index in [2.05, 4.69) is 5.32 Å². The molecule has 0 heterocycles. The zero-order valence-electron chi connectivity index (χ0n) is 15.9. The molecule has 0 saturated carbocycles. The first kappa shape index (κ1) is 22.0. The molecule has 0 unspecified atom stereocenters. The predicted molar refractivity (Wildman–Crippen MR) is 107 cm³/mol. The molecule has 1 amide bonds. The minimum absolute atomic E-state index is 0.0692. The van der Waals surface area contributed by atoms with Crippen LogP contribution in [0.2, 0.25) is 5.02 Å². The van der Waals surface area contributed by atoms with Gasteiger partial charge in [0, 0.05) is 12.1 Å². The monoisotopic (exact) mass is 426 g/mol. The van der Waals surface area contributed by atoms with Crippen molar-refractivity contribution < 1.29 is 22.7 Å². The van der Waals surface area contributed by atoms with Gasteiger partial charge < -0.3 is 14.8 Å². The van der Waals surface area contributed by atoms with Gasteiger partial charge >= 0.3 is 0 Å². The number of methoxy groups -OCH3 is 1. The molecule has 0 bridgehead atoms. The number of halogens is 1. The Morgan fingerprint density at radius 1 is 1.14 bits per heavy atom. The summed E-state index contributed by atoms with van der Waals surface area (Å²) in [4.78, 5) is 12.3. The summed E-state index contributed by atoms with van der Waals surface area (Å²) in [6.07, 6.45) is 0. The number of sulfonamides is 1.